The van der Waals surface area contributed by atoms with Crippen molar-refractivity contribution < 1.29 is 0 Å². The predicted molar refractivity (Wildman–Crippen MR) is 106 cm³/mol. The van der Waals surface area contributed by atoms with Crippen LogP contribution in [0.5, 0.6) is 0 Å². The topological polar surface area (TPSA) is 24.9 Å². The average molecular weight is 369 g/mol. The number of benzene rings is 2. The molecule has 1 aliphatic rings. The lowest BCUT2D eigenvalue weighted by atomic mass is 10.0. The van der Waals surface area contributed by atoms with Gasteiger partial charge in [0.15, 0.2) is 0 Å². The van der Waals surface area contributed by atoms with Crippen LogP contribution in [0.25, 0.3) is 11.3 Å². The Labute approximate surface area is 157 Å². The maximum atomic E-state index is 6.11. The molecular weight excluding hydrogens is 348 g/mol. The van der Waals surface area contributed by atoms with Gasteiger partial charge in [-0.25, -0.2) is 4.98 Å². The van der Waals surface area contributed by atoms with Gasteiger partial charge in [-0.1, -0.05) is 41.9 Å². The summed E-state index contributed by atoms with van der Waals surface area (Å²) in [4.78, 5) is 4.56. The van der Waals surface area contributed by atoms with E-state index in [1.807, 2.05) is 13.0 Å². The van der Waals surface area contributed by atoms with E-state index in [-0.39, 0.29) is 0 Å². The quantitative estimate of drug-likeness (QED) is 0.600. The highest BCUT2D eigenvalue weighted by molar-refractivity contribution is 7.09. The summed E-state index contributed by atoms with van der Waals surface area (Å²) in [5, 5.41) is 7.83. The molecule has 0 aliphatic heterocycles. The van der Waals surface area contributed by atoms with Crippen molar-refractivity contribution in [3.8, 4) is 11.3 Å². The second-order valence-electron chi connectivity index (χ2n) is 6.70. The van der Waals surface area contributed by atoms with E-state index in [1.165, 1.54) is 22.3 Å². The summed E-state index contributed by atoms with van der Waals surface area (Å²) < 4.78 is 0. The number of aryl methyl sites for hydroxylation is 2. The van der Waals surface area contributed by atoms with Crippen LogP contribution < -0.4 is 5.32 Å². The van der Waals surface area contributed by atoms with Crippen molar-refractivity contribution in [1.29, 1.82) is 0 Å². The minimum Gasteiger partial charge on any atom is -0.303 e. The molecule has 1 aromatic heterocycles. The summed E-state index contributed by atoms with van der Waals surface area (Å²) in [5.74, 6) is 0. The first kappa shape index (κ1) is 16.8. The maximum absolute atomic E-state index is 6.11. The number of halogens is 1. The first-order valence-corrected chi connectivity index (χ1v) is 9.93. The van der Waals surface area contributed by atoms with E-state index in [1.54, 1.807) is 11.3 Å². The smallest absolute Gasteiger partial charge is 0.0901 e. The lowest BCUT2D eigenvalue weighted by Crippen LogP contribution is -2.22. The van der Waals surface area contributed by atoms with Crippen LogP contribution in [0.3, 0.4) is 0 Å². The summed E-state index contributed by atoms with van der Waals surface area (Å²) in [6, 6.07) is 15.7. The van der Waals surface area contributed by atoms with Crippen LogP contribution in [-0.4, -0.2) is 4.98 Å². The fourth-order valence-corrected chi connectivity index (χ4v) is 4.41. The van der Waals surface area contributed by atoms with Crippen molar-refractivity contribution in [3.05, 3.63) is 74.6 Å². The number of fused-ring (bicyclic) bond motifs is 1. The number of hydrogen-bond acceptors (Lipinski definition) is 3. The Morgan fingerprint density at radius 1 is 1.20 bits per heavy atom. The van der Waals surface area contributed by atoms with Gasteiger partial charge in [-0.3, -0.25) is 0 Å². The van der Waals surface area contributed by atoms with Gasteiger partial charge >= 0.3 is 0 Å². The molecule has 1 aliphatic carbocycles. The number of thiazole rings is 1. The monoisotopic (exact) mass is 368 g/mol. The van der Waals surface area contributed by atoms with Crippen LogP contribution in [0.1, 0.15) is 47.1 Å². The standard InChI is InChI=1S/C21H21ClN2S/c1-13(23-20-10-7-17-11-18(22)8-9-19(17)20)15-3-5-16(6-4-15)21-12-25-14(2)24-21/h3-6,8-9,11-13,20,23H,7,10H2,1-2H3. The summed E-state index contributed by atoms with van der Waals surface area (Å²) in [7, 11) is 0. The van der Waals surface area contributed by atoms with Crippen LogP contribution in [0.4, 0.5) is 0 Å². The molecular formula is C21H21ClN2S. The second-order valence-corrected chi connectivity index (χ2v) is 8.20. The van der Waals surface area contributed by atoms with Gasteiger partial charge in [0.25, 0.3) is 0 Å². The molecule has 2 unspecified atom stereocenters. The van der Waals surface area contributed by atoms with Crippen molar-refractivity contribution in [2.45, 2.75) is 38.8 Å². The van der Waals surface area contributed by atoms with Crippen LogP contribution >= 0.6 is 22.9 Å². The number of nitrogens with one attached hydrogen (secondary N) is 1. The molecule has 2 aromatic carbocycles. The summed E-state index contributed by atoms with van der Waals surface area (Å²) in [6.07, 6.45) is 2.23. The van der Waals surface area contributed by atoms with E-state index in [4.69, 9.17) is 11.6 Å². The first-order valence-electron chi connectivity index (χ1n) is 8.67. The Hall–Kier alpha value is -1.68. The van der Waals surface area contributed by atoms with E-state index in [0.29, 0.717) is 12.1 Å². The molecule has 0 bridgehead atoms. The number of nitrogens with zero attached hydrogens (tertiary/aromatic N) is 1. The molecule has 128 valence electrons. The lowest BCUT2D eigenvalue weighted by molar-refractivity contribution is 0.465. The lowest BCUT2D eigenvalue weighted by Gasteiger charge is -2.21. The zero-order valence-electron chi connectivity index (χ0n) is 14.4. The van der Waals surface area contributed by atoms with E-state index in [0.717, 1.165) is 28.6 Å². The molecule has 3 aromatic rings. The van der Waals surface area contributed by atoms with Crippen molar-refractivity contribution >= 4 is 22.9 Å². The largest absolute Gasteiger partial charge is 0.303 e. The van der Waals surface area contributed by atoms with Crippen molar-refractivity contribution in [2.75, 3.05) is 0 Å². The molecule has 4 heteroatoms. The van der Waals surface area contributed by atoms with Gasteiger partial charge in [0, 0.05) is 28.0 Å². The molecule has 2 nitrogen and oxygen atoms in total. The predicted octanol–water partition coefficient (Wildman–Crippen LogP) is 6.11. The normalized spacial score (nSPS) is 17.5. The number of hydrogen-bond donors (Lipinski definition) is 1. The highest BCUT2D eigenvalue weighted by Gasteiger charge is 2.24. The van der Waals surface area contributed by atoms with E-state index >= 15 is 0 Å². The molecule has 4 rings (SSSR count). The highest BCUT2D eigenvalue weighted by Crippen LogP contribution is 2.34. The molecule has 0 amide bonds. The minimum atomic E-state index is 0.304. The zero-order chi connectivity index (χ0) is 17.4. The fourth-order valence-electron chi connectivity index (χ4n) is 3.60. The average Bonchev–Trinajstić information content (AvgIpc) is 3.21. The van der Waals surface area contributed by atoms with Gasteiger partial charge in [-0.15, -0.1) is 11.3 Å². The van der Waals surface area contributed by atoms with Gasteiger partial charge in [0.2, 0.25) is 0 Å². The van der Waals surface area contributed by atoms with Crippen LogP contribution in [0.2, 0.25) is 5.02 Å². The molecule has 0 saturated heterocycles. The Kier molecular flexibility index (Phi) is 4.63. The number of rotatable bonds is 4. The third kappa shape index (κ3) is 3.50. The summed E-state index contributed by atoms with van der Waals surface area (Å²) in [6.45, 7) is 4.27. The Morgan fingerprint density at radius 2 is 2.00 bits per heavy atom. The van der Waals surface area contributed by atoms with Crippen molar-refractivity contribution in [1.82, 2.24) is 10.3 Å². The highest BCUT2D eigenvalue weighted by atomic mass is 35.5. The SMILES string of the molecule is Cc1nc(-c2ccc(C(C)NC3CCc4cc(Cl)ccc43)cc2)cs1. The van der Waals surface area contributed by atoms with E-state index in [9.17, 15) is 0 Å². The van der Waals surface area contributed by atoms with Crippen molar-refractivity contribution in [3.63, 3.8) is 0 Å². The fraction of sp³-hybridized carbons (Fsp3) is 0.286. The third-order valence-corrected chi connectivity index (χ3v) is 5.97. The minimum absolute atomic E-state index is 0.304. The molecule has 0 fully saturated rings. The van der Waals surface area contributed by atoms with Crippen molar-refractivity contribution in [2.24, 2.45) is 0 Å². The zero-order valence-corrected chi connectivity index (χ0v) is 16.0. The van der Waals surface area contributed by atoms with Gasteiger partial charge < -0.3 is 5.32 Å². The Balaban J connectivity index is 1.48. The van der Waals surface area contributed by atoms with Gasteiger partial charge in [-0.2, -0.15) is 0 Å². The molecule has 0 saturated carbocycles. The van der Waals surface area contributed by atoms with Gasteiger partial charge in [0.05, 0.1) is 10.7 Å². The molecule has 2 atom stereocenters. The molecule has 25 heavy (non-hydrogen) atoms. The van der Waals surface area contributed by atoms with Crippen LogP contribution in [0, 0.1) is 6.92 Å². The van der Waals surface area contributed by atoms with Crippen LogP contribution in [0.15, 0.2) is 47.8 Å². The van der Waals surface area contributed by atoms with E-state index < -0.39 is 0 Å². The molecule has 0 spiro atoms. The van der Waals surface area contributed by atoms with E-state index in [2.05, 4.69) is 59.0 Å². The Morgan fingerprint density at radius 3 is 2.72 bits per heavy atom. The van der Waals surface area contributed by atoms with Gasteiger partial charge in [0.1, 0.15) is 0 Å². The maximum Gasteiger partial charge on any atom is 0.0901 e. The second kappa shape index (κ2) is 6.91. The molecule has 1 heterocycles. The number of aromatic nitrogens is 1. The summed E-state index contributed by atoms with van der Waals surface area (Å²) in [5.41, 5.74) is 6.33. The first-order chi connectivity index (χ1) is 12.1. The van der Waals surface area contributed by atoms with Gasteiger partial charge in [-0.05, 0) is 55.5 Å². The molecule has 0 radical (unpaired) electrons. The third-order valence-electron chi connectivity index (χ3n) is 4.96. The van der Waals surface area contributed by atoms with Crippen LogP contribution in [-0.2, 0) is 6.42 Å². The molecule has 1 N–H and O–H groups in total. The Bertz CT molecular complexity index is 885. The summed E-state index contributed by atoms with van der Waals surface area (Å²) >= 11 is 7.81.